The molecule has 0 saturated carbocycles. The third kappa shape index (κ3) is 5.22. The number of para-hydroxylation sites is 2. The van der Waals surface area contributed by atoms with E-state index in [1.807, 2.05) is 42.5 Å². The molecular formula is C24H32N2O3. The highest BCUT2D eigenvalue weighted by Gasteiger charge is 2.32. The lowest BCUT2D eigenvalue weighted by Gasteiger charge is -2.23. The molecule has 5 heteroatoms. The molecule has 2 aromatic carbocycles. The van der Waals surface area contributed by atoms with E-state index in [1.165, 1.54) is 0 Å². The van der Waals surface area contributed by atoms with Gasteiger partial charge in [-0.2, -0.15) is 0 Å². The summed E-state index contributed by atoms with van der Waals surface area (Å²) in [6, 6.07) is 16.1. The van der Waals surface area contributed by atoms with Crippen LogP contribution in [-0.4, -0.2) is 51.2 Å². The zero-order valence-corrected chi connectivity index (χ0v) is 17.9. The molecule has 2 atom stereocenters. The van der Waals surface area contributed by atoms with Crippen LogP contribution >= 0.6 is 0 Å². The summed E-state index contributed by atoms with van der Waals surface area (Å²) in [6.45, 7) is 3.90. The molecule has 1 aliphatic heterocycles. The van der Waals surface area contributed by atoms with Crippen LogP contribution in [0.2, 0.25) is 0 Å². The molecule has 1 heterocycles. The Morgan fingerprint density at radius 2 is 1.86 bits per heavy atom. The van der Waals surface area contributed by atoms with Crippen LogP contribution in [-0.2, 0) is 6.42 Å². The minimum absolute atomic E-state index is 0.200. The summed E-state index contributed by atoms with van der Waals surface area (Å²) in [6.07, 6.45) is 2.96. The predicted octanol–water partition coefficient (Wildman–Crippen LogP) is 4.45. The Morgan fingerprint density at radius 3 is 2.55 bits per heavy atom. The lowest BCUT2D eigenvalue weighted by atomic mass is 9.99. The summed E-state index contributed by atoms with van der Waals surface area (Å²) in [5, 5.41) is 0. The average Bonchev–Trinajstić information content (AvgIpc) is 3.12. The van der Waals surface area contributed by atoms with Gasteiger partial charge in [-0.05, 0) is 36.6 Å². The van der Waals surface area contributed by atoms with E-state index in [2.05, 4.69) is 24.9 Å². The molecule has 2 aromatic rings. The highest BCUT2D eigenvalue weighted by molar-refractivity contribution is 5.84. The average molecular weight is 397 g/mol. The summed E-state index contributed by atoms with van der Waals surface area (Å²) < 4.78 is 17.2. The fraction of sp³-hybridized carbons (Fsp3) is 0.458. The zero-order valence-electron chi connectivity index (χ0n) is 17.9. The van der Waals surface area contributed by atoms with Crippen LogP contribution in [0.25, 0.3) is 0 Å². The van der Waals surface area contributed by atoms with E-state index >= 15 is 0 Å². The Bertz CT molecular complexity index is 807. The Kier molecular flexibility index (Phi) is 7.39. The Morgan fingerprint density at radius 1 is 1.07 bits per heavy atom. The van der Waals surface area contributed by atoms with Crippen LogP contribution in [0.1, 0.15) is 25.3 Å². The van der Waals surface area contributed by atoms with E-state index in [0.717, 1.165) is 61.0 Å². The Hall–Kier alpha value is -2.69. The normalized spacial score (nSPS) is 18.7. The minimum atomic E-state index is 0.200. The summed E-state index contributed by atoms with van der Waals surface area (Å²) in [5.74, 6) is 4.12. The van der Waals surface area contributed by atoms with Crippen molar-refractivity contribution in [2.75, 3.05) is 34.4 Å². The van der Waals surface area contributed by atoms with Gasteiger partial charge in [0, 0.05) is 32.5 Å². The number of hydrogen-bond donors (Lipinski definition) is 0. The van der Waals surface area contributed by atoms with Crippen LogP contribution in [0, 0.1) is 5.92 Å². The molecule has 0 radical (unpaired) electrons. The Labute approximate surface area is 174 Å². The summed E-state index contributed by atoms with van der Waals surface area (Å²) in [5.41, 5.74) is 1.12. The molecule has 2 unspecified atom stereocenters. The van der Waals surface area contributed by atoms with E-state index in [9.17, 15) is 0 Å². The number of likely N-dealkylation sites (tertiary alicyclic amines) is 1. The lowest BCUT2D eigenvalue weighted by Crippen LogP contribution is -2.28. The molecule has 3 rings (SSSR count). The Balaban J connectivity index is 1.61. The fourth-order valence-electron chi connectivity index (χ4n) is 3.99. The second-order valence-corrected chi connectivity index (χ2v) is 7.42. The largest absolute Gasteiger partial charge is 0.493 e. The first-order chi connectivity index (χ1) is 14.2. The van der Waals surface area contributed by atoms with Gasteiger partial charge in [-0.1, -0.05) is 37.3 Å². The summed E-state index contributed by atoms with van der Waals surface area (Å²) in [7, 11) is 5.47. The number of rotatable bonds is 9. The standard InChI is InChI=1S/C24H32N2O3/c1-5-21(29-20-11-7-6-8-12-20)19-16-23(26(2)17-19)25-15-14-18-10-9-13-22(27-3)24(18)28-4/h6-13,19,21H,5,14-17H2,1-4H3. The van der Waals surface area contributed by atoms with Crippen molar-refractivity contribution in [3.05, 3.63) is 54.1 Å². The van der Waals surface area contributed by atoms with Gasteiger partial charge in [0.05, 0.1) is 20.1 Å². The quantitative estimate of drug-likeness (QED) is 0.628. The van der Waals surface area contributed by atoms with Gasteiger partial charge in [0.2, 0.25) is 0 Å². The molecule has 1 aliphatic rings. The van der Waals surface area contributed by atoms with Crippen molar-refractivity contribution in [2.24, 2.45) is 10.9 Å². The molecule has 29 heavy (non-hydrogen) atoms. The van der Waals surface area contributed by atoms with E-state index in [4.69, 9.17) is 19.2 Å². The van der Waals surface area contributed by atoms with Crippen LogP contribution in [0.15, 0.2) is 53.5 Å². The van der Waals surface area contributed by atoms with Crippen molar-refractivity contribution < 1.29 is 14.2 Å². The number of hydrogen-bond acceptors (Lipinski definition) is 4. The van der Waals surface area contributed by atoms with Crippen molar-refractivity contribution in [3.63, 3.8) is 0 Å². The van der Waals surface area contributed by atoms with Crippen molar-refractivity contribution >= 4 is 5.84 Å². The topological polar surface area (TPSA) is 43.3 Å². The lowest BCUT2D eigenvalue weighted by molar-refractivity contribution is 0.133. The van der Waals surface area contributed by atoms with Gasteiger partial charge in [-0.25, -0.2) is 0 Å². The van der Waals surface area contributed by atoms with Crippen molar-refractivity contribution in [2.45, 2.75) is 32.3 Å². The maximum Gasteiger partial charge on any atom is 0.163 e. The van der Waals surface area contributed by atoms with Gasteiger partial charge in [-0.15, -0.1) is 0 Å². The zero-order chi connectivity index (χ0) is 20.6. The molecule has 0 aliphatic carbocycles. The molecule has 1 fully saturated rings. The van der Waals surface area contributed by atoms with Crippen LogP contribution in [0.3, 0.4) is 0 Å². The number of nitrogens with zero attached hydrogens (tertiary/aromatic N) is 2. The number of methoxy groups -OCH3 is 2. The minimum Gasteiger partial charge on any atom is -0.493 e. The third-order valence-electron chi connectivity index (χ3n) is 5.51. The fourth-order valence-corrected chi connectivity index (χ4v) is 3.99. The van der Waals surface area contributed by atoms with Crippen LogP contribution in [0.4, 0.5) is 0 Å². The molecule has 0 aromatic heterocycles. The van der Waals surface area contributed by atoms with Gasteiger partial charge in [0.1, 0.15) is 11.9 Å². The number of amidine groups is 1. The maximum absolute atomic E-state index is 6.26. The van der Waals surface area contributed by atoms with Gasteiger partial charge in [-0.3, -0.25) is 4.99 Å². The highest BCUT2D eigenvalue weighted by Crippen LogP contribution is 2.31. The molecular weight excluding hydrogens is 364 g/mol. The second kappa shape index (κ2) is 10.2. The summed E-state index contributed by atoms with van der Waals surface area (Å²) in [4.78, 5) is 7.16. The van der Waals surface area contributed by atoms with E-state index in [-0.39, 0.29) is 6.10 Å². The van der Waals surface area contributed by atoms with Gasteiger partial charge >= 0.3 is 0 Å². The van der Waals surface area contributed by atoms with Crippen LogP contribution in [0.5, 0.6) is 17.2 Å². The third-order valence-corrected chi connectivity index (χ3v) is 5.51. The van der Waals surface area contributed by atoms with Crippen molar-refractivity contribution in [1.29, 1.82) is 0 Å². The first-order valence-corrected chi connectivity index (χ1v) is 10.3. The molecule has 0 amide bonds. The predicted molar refractivity (Wildman–Crippen MR) is 117 cm³/mol. The smallest absolute Gasteiger partial charge is 0.163 e. The SMILES string of the molecule is CCC(Oc1ccccc1)C1CC(=NCCc2cccc(OC)c2OC)N(C)C1. The molecule has 5 nitrogen and oxygen atoms in total. The molecule has 0 spiro atoms. The molecule has 1 saturated heterocycles. The van der Waals surface area contributed by atoms with E-state index < -0.39 is 0 Å². The van der Waals surface area contributed by atoms with Crippen LogP contribution < -0.4 is 14.2 Å². The van der Waals surface area contributed by atoms with E-state index in [0.29, 0.717) is 5.92 Å². The van der Waals surface area contributed by atoms with E-state index in [1.54, 1.807) is 14.2 Å². The second-order valence-electron chi connectivity index (χ2n) is 7.42. The summed E-state index contributed by atoms with van der Waals surface area (Å²) >= 11 is 0. The maximum atomic E-state index is 6.26. The first-order valence-electron chi connectivity index (χ1n) is 10.3. The van der Waals surface area contributed by atoms with Gasteiger partial charge in [0.25, 0.3) is 0 Å². The van der Waals surface area contributed by atoms with Gasteiger partial charge in [0.15, 0.2) is 11.5 Å². The van der Waals surface area contributed by atoms with Crippen molar-refractivity contribution in [3.8, 4) is 17.2 Å². The number of benzene rings is 2. The monoisotopic (exact) mass is 396 g/mol. The molecule has 0 bridgehead atoms. The number of aliphatic imine (C=N–C) groups is 1. The van der Waals surface area contributed by atoms with Gasteiger partial charge < -0.3 is 19.1 Å². The van der Waals surface area contributed by atoms with Crippen molar-refractivity contribution in [1.82, 2.24) is 4.90 Å². The highest BCUT2D eigenvalue weighted by atomic mass is 16.5. The molecule has 0 N–H and O–H groups in total. The first kappa shape index (κ1) is 21.0. The molecule has 156 valence electrons. The number of ether oxygens (including phenoxy) is 3.